The van der Waals surface area contributed by atoms with Crippen LogP contribution >= 0.6 is 47.2 Å². The largest absolute Gasteiger partial charge is 0.369 e. The highest BCUT2D eigenvalue weighted by molar-refractivity contribution is 6.68. The van der Waals surface area contributed by atoms with E-state index in [9.17, 15) is 0 Å². The number of nitrogens with two attached hydrogens (primary N) is 2. The van der Waals surface area contributed by atoms with E-state index in [-0.39, 0.29) is 24.4 Å². The predicted molar refractivity (Wildman–Crippen MR) is 98.4 cm³/mol. The molecule has 5 N–H and O–H groups in total. The molecule has 0 aliphatic heterocycles. The first-order chi connectivity index (χ1) is 9.84. The molecular weight excluding hydrogens is 368 g/mol. The van der Waals surface area contributed by atoms with Gasteiger partial charge in [0, 0.05) is 0 Å². The molecule has 22 heavy (non-hydrogen) atoms. The van der Waals surface area contributed by atoms with Crippen LogP contribution in [0, 0.1) is 0 Å². The molecule has 1 rings (SSSR count). The van der Waals surface area contributed by atoms with Crippen LogP contribution in [0.25, 0.3) is 0 Å². The van der Waals surface area contributed by atoms with Gasteiger partial charge in [0.05, 0.1) is 12.3 Å². The van der Waals surface area contributed by atoms with Gasteiger partial charge in [0.2, 0.25) is 9.75 Å². The van der Waals surface area contributed by atoms with Crippen molar-refractivity contribution in [1.29, 1.82) is 0 Å². The Kier molecular flexibility index (Phi) is 9.80. The highest BCUT2D eigenvalue weighted by Gasteiger charge is 2.33. The van der Waals surface area contributed by atoms with Gasteiger partial charge in [-0.05, 0) is 24.1 Å². The van der Waals surface area contributed by atoms with Crippen molar-refractivity contribution in [3.63, 3.8) is 0 Å². The van der Waals surface area contributed by atoms with E-state index in [0.717, 1.165) is 24.1 Å². The molecule has 0 aliphatic rings. The lowest BCUT2D eigenvalue weighted by Crippen LogP contribution is -2.32. The minimum atomic E-state index is -1.43. The Labute approximate surface area is 151 Å². The summed E-state index contributed by atoms with van der Waals surface area (Å²) >= 11 is 18.1. The zero-order chi connectivity index (χ0) is 15.9. The molecule has 0 heterocycles. The lowest BCUT2D eigenvalue weighted by molar-refractivity contribution is 0.539. The van der Waals surface area contributed by atoms with Crippen LogP contribution in [0.1, 0.15) is 30.5 Å². The maximum Gasteiger partial charge on any atom is 0.211 e. The summed E-state index contributed by atoms with van der Waals surface area (Å²) in [6.45, 7) is 2.80. The van der Waals surface area contributed by atoms with E-state index in [0.29, 0.717) is 0 Å². The molecule has 0 aliphatic carbocycles. The van der Waals surface area contributed by atoms with Crippen LogP contribution < -0.4 is 16.8 Å². The molecule has 0 saturated heterocycles. The molecule has 0 spiro atoms. The second kappa shape index (κ2) is 10.1. The molecule has 0 bridgehead atoms. The van der Waals surface area contributed by atoms with E-state index in [2.05, 4.69) is 15.5 Å². The van der Waals surface area contributed by atoms with Crippen LogP contribution in [0.2, 0.25) is 0 Å². The number of halogens is 4. The number of nitrogens with zero attached hydrogens (tertiary/aromatic N) is 2. The van der Waals surface area contributed by atoms with E-state index in [1.165, 1.54) is 6.21 Å². The molecule has 1 atom stereocenters. The molecular formula is C13H19Cl4N5. The minimum Gasteiger partial charge on any atom is -0.369 e. The van der Waals surface area contributed by atoms with Crippen LogP contribution in [0.5, 0.6) is 0 Å². The van der Waals surface area contributed by atoms with E-state index >= 15 is 0 Å². The van der Waals surface area contributed by atoms with Gasteiger partial charge >= 0.3 is 0 Å². The molecule has 0 radical (unpaired) electrons. The fourth-order valence-electron chi connectivity index (χ4n) is 1.65. The maximum absolute atomic E-state index is 6.02. The third-order valence-electron chi connectivity index (χ3n) is 2.58. The lowest BCUT2D eigenvalue weighted by Gasteiger charge is -2.26. The molecule has 9 heteroatoms. The Morgan fingerprint density at radius 3 is 2.32 bits per heavy atom. The van der Waals surface area contributed by atoms with E-state index in [1.807, 2.05) is 31.2 Å². The van der Waals surface area contributed by atoms with Gasteiger partial charge in [0.15, 0.2) is 0 Å². The summed E-state index contributed by atoms with van der Waals surface area (Å²) in [4.78, 5) is 0. The van der Waals surface area contributed by atoms with Crippen molar-refractivity contribution in [3.8, 4) is 0 Å². The number of nitrogens with one attached hydrogen (secondary N) is 1. The summed E-state index contributed by atoms with van der Waals surface area (Å²) in [5, 5.41) is 10.5. The van der Waals surface area contributed by atoms with Crippen LogP contribution in [0.3, 0.4) is 0 Å². The molecule has 1 unspecified atom stereocenters. The summed E-state index contributed by atoms with van der Waals surface area (Å²) < 4.78 is -1.43. The van der Waals surface area contributed by atoms with Gasteiger partial charge in [-0.1, -0.05) is 66.0 Å². The molecule has 1 aromatic rings. The highest BCUT2D eigenvalue weighted by atomic mass is 35.6. The zero-order valence-corrected chi connectivity index (χ0v) is 15.1. The van der Waals surface area contributed by atoms with Crippen molar-refractivity contribution in [2.75, 3.05) is 6.54 Å². The fraction of sp³-hybridized carbons (Fsp3) is 0.385. The Morgan fingerprint density at radius 2 is 1.86 bits per heavy atom. The van der Waals surface area contributed by atoms with Gasteiger partial charge in [0.1, 0.15) is 0 Å². The summed E-state index contributed by atoms with van der Waals surface area (Å²) in [5.74, 6) is -0.0945. The summed E-state index contributed by atoms with van der Waals surface area (Å²) in [6.07, 6.45) is 2.48. The maximum atomic E-state index is 6.02. The van der Waals surface area contributed by atoms with Crippen LogP contribution in [0.4, 0.5) is 0 Å². The Bertz CT molecular complexity index is 492. The van der Waals surface area contributed by atoms with Gasteiger partial charge in [-0.3, -0.25) is 0 Å². The number of rotatable bonds is 6. The second-order valence-corrected chi connectivity index (χ2v) is 6.73. The van der Waals surface area contributed by atoms with Crippen LogP contribution in [-0.4, -0.2) is 22.5 Å². The van der Waals surface area contributed by atoms with Gasteiger partial charge in [-0.25, -0.2) is 0 Å². The Hall–Kier alpha value is -0.720. The van der Waals surface area contributed by atoms with Crippen molar-refractivity contribution in [3.05, 3.63) is 35.4 Å². The van der Waals surface area contributed by atoms with Crippen molar-refractivity contribution < 1.29 is 0 Å². The topological polar surface area (TPSA) is 88.8 Å². The van der Waals surface area contributed by atoms with E-state index in [1.54, 1.807) is 0 Å². The molecule has 0 amide bonds. The van der Waals surface area contributed by atoms with E-state index in [4.69, 9.17) is 46.3 Å². The average molecular weight is 387 g/mol. The van der Waals surface area contributed by atoms with Crippen molar-refractivity contribution in [1.82, 2.24) is 5.32 Å². The number of hydrogen-bond donors (Lipinski definition) is 3. The number of hydrogen-bond acceptors (Lipinski definition) is 3. The molecule has 1 aromatic carbocycles. The molecule has 124 valence electrons. The molecule has 0 fully saturated rings. The lowest BCUT2D eigenvalue weighted by atomic mass is 10.1. The third-order valence-corrected chi connectivity index (χ3v) is 3.23. The molecule has 0 aromatic heterocycles. The quantitative estimate of drug-likeness (QED) is 0.303. The Balaban J connectivity index is 0.00000441. The summed E-state index contributed by atoms with van der Waals surface area (Å²) in [7, 11) is 0. The van der Waals surface area contributed by atoms with E-state index < -0.39 is 3.79 Å². The van der Waals surface area contributed by atoms with Gasteiger partial charge < -0.3 is 16.8 Å². The van der Waals surface area contributed by atoms with Crippen LogP contribution in [-0.2, 0) is 0 Å². The highest BCUT2D eigenvalue weighted by Crippen LogP contribution is 2.39. The predicted octanol–water partition coefficient (Wildman–Crippen LogP) is 3.13. The molecule has 0 saturated carbocycles. The standard InChI is InChI=1S/C13H18Cl3N5.ClH/c1-2-7-19-11(13(14,15)16)10-5-3-9(4-6-10)8-20-21-12(17)18;/h3-6,8,11,19H,2,7H2,1H3,(H4,17,18,21);1H/b20-8+;. The SMILES string of the molecule is CCCNC(c1ccc(/C=N/N=C(N)N)cc1)C(Cl)(Cl)Cl.Cl. The first-order valence-electron chi connectivity index (χ1n) is 6.36. The number of benzene rings is 1. The zero-order valence-electron chi connectivity index (χ0n) is 12.0. The first-order valence-corrected chi connectivity index (χ1v) is 7.50. The summed E-state index contributed by atoms with van der Waals surface area (Å²) in [6, 6.07) is 7.04. The molecule has 5 nitrogen and oxygen atoms in total. The number of guanidine groups is 1. The van der Waals surface area contributed by atoms with Crippen molar-refractivity contribution in [2.24, 2.45) is 21.7 Å². The first kappa shape index (κ1) is 21.3. The number of alkyl halides is 3. The third kappa shape index (κ3) is 7.51. The normalized spacial score (nSPS) is 12.7. The summed E-state index contributed by atoms with van der Waals surface area (Å²) in [5.41, 5.74) is 12.1. The van der Waals surface area contributed by atoms with Gasteiger partial charge in [0.25, 0.3) is 0 Å². The fourth-order valence-corrected chi connectivity index (χ4v) is 2.26. The van der Waals surface area contributed by atoms with Gasteiger partial charge in [-0.2, -0.15) is 5.10 Å². The smallest absolute Gasteiger partial charge is 0.211 e. The Morgan fingerprint density at radius 1 is 1.27 bits per heavy atom. The van der Waals surface area contributed by atoms with Crippen molar-refractivity contribution in [2.45, 2.75) is 23.2 Å². The average Bonchev–Trinajstić information content (AvgIpc) is 2.39. The van der Waals surface area contributed by atoms with Gasteiger partial charge in [-0.15, -0.1) is 17.5 Å². The second-order valence-electron chi connectivity index (χ2n) is 4.36. The monoisotopic (exact) mass is 385 g/mol. The minimum absolute atomic E-state index is 0. The van der Waals surface area contributed by atoms with Crippen molar-refractivity contribution >= 4 is 59.4 Å². The van der Waals surface area contributed by atoms with Crippen LogP contribution in [0.15, 0.2) is 34.5 Å².